The van der Waals surface area contributed by atoms with Gasteiger partial charge in [0, 0.05) is 12.0 Å². The Morgan fingerprint density at radius 2 is 2.03 bits per heavy atom. The number of rotatable bonds is 4. The molecule has 3 N–H and O–H groups in total. The van der Waals surface area contributed by atoms with Crippen LogP contribution in [0.25, 0.3) is 11.2 Å². The maximum absolute atomic E-state index is 14.3. The van der Waals surface area contributed by atoms with Crippen LogP contribution >= 0.6 is 0 Å². The number of benzene rings is 2. The van der Waals surface area contributed by atoms with Crippen LogP contribution in [0.4, 0.5) is 30.9 Å². The van der Waals surface area contributed by atoms with Gasteiger partial charge in [0.25, 0.3) is 0 Å². The van der Waals surface area contributed by atoms with Crippen molar-refractivity contribution >= 4 is 34.6 Å². The van der Waals surface area contributed by atoms with Gasteiger partial charge in [0.1, 0.15) is 16.9 Å². The summed E-state index contributed by atoms with van der Waals surface area (Å²) >= 11 is 0. The van der Waals surface area contributed by atoms with Gasteiger partial charge in [0.15, 0.2) is 17.2 Å². The Balaban J connectivity index is 1.51. The van der Waals surface area contributed by atoms with E-state index in [1.165, 1.54) is 35.0 Å². The number of para-hydroxylation sites is 1. The topological polar surface area (TPSA) is 123 Å². The molecule has 0 radical (unpaired) electrons. The zero-order valence-electron chi connectivity index (χ0n) is 20.3. The molecule has 0 fully saturated rings. The summed E-state index contributed by atoms with van der Waals surface area (Å²) in [5, 5.41) is 5.47. The number of hydrogen-bond donors (Lipinski definition) is 3. The highest BCUT2D eigenvalue weighted by atomic mass is 19.1. The van der Waals surface area contributed by atoms with Crippen LogP contribution in [0.3, 0.4) is 0 Å². The maximum Gasteiger partial charge on any atom is 0.412 e. The van der Waals surface area contributed by atoms with Gasteiger partial charge in [-0.1, -0.05) is 12.1 Å². The Labute approximate surface area is 209 Å². The average Bonchev–Trinajstić information content (AvgIpc) is 3.14. The molecule has 1 unspecified atom stereocenters. The lowest BCUT2D eigenvalue weighted by Gasteiger charge is -2.26. The van der Waals surface area contributed by atoms with Crippen LogP contribution in [-0.2, 0) is 4.74 Å². The first-order chi connectivity index (χ1) is 17.6. The molecule has 2 aromatic heterocycles. The Morgan fingerprint density at radius 1 is 1.22 bits per heavy atom. The minimum Gasteiger partial charge on any atom is -0.490 e. The van der Waals surface area contributed by atoms with Crippen LogP contribution in [0.2, 0.25) is 0 Å². The van der Waals surface area contributed by atoms with Crippen LogP contribution < -0.4 is 21.1 Å². The van der Waals surface area contributed by atoms with Gasteiger partial charge >= 0.3 is 11.8 Å². The first-order valence-corrected chi connectivity index (χ1v) is 11.5. The summed E-state index contributed by atoms with van der Waals surface area (Å²) in [6.45, 7) is 5.39. The van der Waals surface area contributed by atoms with Gasteiger partial charge in [-0.2, -0.15) is 4.98 Å². The quantitative estimate of drug-likeness (QED) is 0.358. The number of carbonyl (C=O) groups is 1. The van der Waals surface area contributed by atoms with Crippen molar-refractivity contribution in [3.05, 3.63) is 70.3 Å². The maximum atomic E-state index is 14.3. The third-order valence-corrected chi connectivity index (χ3v) is 5.63. The lowest BCUT2D eigenvalue weighted by molar-refractivity contribution is 0.0636. The SMILES string of the molecule is CC(C)(C)OC(=O)Nc1ccc(F)cc1Nc1ncc2[nH]c(=O)n(C3CCOc4c(F)cccc43)c2n1. The summed E-state index contributed by atoms with van der Waals surface area (Å²) in [6.07, 6.45) is 1.11. The number of imidazole rings is 1. The first-order valence-electron chi connectivity index (χ1n) is 11.5. The molecule has 192 valence electrons. The number of amides is 1. The summed E-state index contributed by atoms with van der Waals surface area (Å²) in [6, 6.07) is 7.76. The molecular formula is C25H24F2N6O4. The van der Waals surface area contributed by atoms with E-state index in [2.05, 4.69) is 25.6 Å². The van der Waals surface area contributed by atoms with Crippen molar-refractivity contribution in [2.45, 2.75) is 38.8 Å². The molecule has 0 bridgehead atoms. The van der Waals surface area contributed by atoms with Gasteiger partial charge < -0.3 is 19.8 Å². The summed E-state index contributed by atoms with van der Waals surface area (Å²) in [5.41, 5.74) is 0.398. The Morgan fingerprint density at radius 3 is 2.81 bits per heavy atom. The minimum absolute atomic E-state index is 0.0459. The number of halogens is 2. The van der Waals surface area contributed by atoms with Gasteiger partial charge in [0.05, 0.1) is 30.2 Å². The van der Waals surface area contributed by atoms with Crippen molar-refractivity contribution in [2.75, 3.05) is 17.2 Å². The van der Waals surface area contributed by atoms with Crippen molar-refractivity contribution < 1.29 is 23.0 Å². The highest BCUT2D eigenvalue weighted by molar-refractivity contribution is 5.90. The van der Waals surface area contributed by atoms with Crippen molar-refractivity contribution in [3.8, 4) is 5.75 Å². The number of nitrogens with zero attached hydrogens (tertiary/aromatic N) is 3. The lowest BCUT2D eigenvalue weighted by atomic mass is 10.00. The van der Waals surface area contributed by atoms with E-state index in [9.17, 15) is 18.4 Å². The molecule has 5 rings (SSSR count). The summed E-state index contributed by atoms with van der Waals surface area (Å²) in [5.74, 6) is -0.921. The van der Waals surface area contributed by atoms with Crippen molar-refractivity contribution in [1.82, 2.24) is 19.5 Å². The van der Waals surface area contributed by atoms with Crippen LogP contribution in [-0.4, -0.2) is 37.8 Å². The van der Waals surface area contributed by atoms with Gasteiger partial charge in [-0.05, 0) is 45.0 Å². The number of aromatic amines is 1. The van der Waals surface area contributed by atoms with Gasteiger partial charge in [-0.15, -0.1) is 0 Å². The van der Waals surface area contributed by atoms with E-state index >= 15 is 0 Å². The molecule has 0 saturated carbocycles. The fourth-order valence-corrected chi connectivity index (χ4v) is 4.17. The highest BCUT2D eigenvalue weighted by Gasteiger charge is 2.29. The highest BCUT2D eigenvalue weighted by Crippen LogP contribution is 2.37. The van der Waals surface area contributed by atoms with Crippen LogP contribution in [0.1, 0.15) is 38.8 Å². The van der Waals surface area contributed by atoms with Crippen LogP contribution in [0.15, 0.2) is 47.4 Å². The van der Waals surface area contributed by atoms with Crippen LogP contribution in [0, 0.1) is 11.6 Å². The Bertz CT molecular complexity index is 1560. The molecule has 2 aromatic carbocycles. The smallest absolute Gasteiger partial charge is 0.412 e. The molecule has 10 nitrogen and oxygen atoms in total. The molecule has 0 saturated heterocycles. The van der Waals surface area contributed by atoms with Gasteiger partial charge in [-0.3, -0.25) is 9.88 Å². The van der Waals surface area contributed by atoms with Gasteiger partial charge in [0.2, 0.25) is 5.95 Å². The summed E-state index contributed by atoms with van der Waals surface area (Å²) in [7, 11) is 0. The third-order valence-electron chi connectivity index (χ3n) is 5.63. The Hall–Kier alpha value is -4.48. The molecule has 3 heterocycles. The molecule has 0 spiro atoms. The second-order valence-electron chi connectivity index (χ2n) is 9.48. The van der Waals surface area contributed by atoms with E-state index in [1.807, 2.05) is 0 Å². The fourth-order valence-electron chi connectivity index (χ4n) is 4.17. The zero-order chi connectivity index (χ0) is 26.3. The second kappa shape index (κ2) is 9.19. The third kappa shape index (κ3) is 4.95. The van der Waals surface area contributed by atoms with Crippen LogP contribution in [0.5, 0.6) is 5.75 Å². The molecular weight excluding hydrogens is 486 g/mol. The number of ether oxygens (including phenoxy) is 2. The number of nitrogens with one attached hydrogen (secondary N) is 3. The minimum atomic E-state index is -0.727. The van der Waals surface area contributed by atoms with E-state index in [0.717, 1.165) is 0 Å². The molecule has 1 aliphatic heterocycles. The number of aromatic nitrogens is 4. The molecule has 1 amide bonds. The summed E-state index contributed by atoms with van der Waals surface area (Å²) < 4.78 is 40.6. The number of H-pyrrole nitrogens is 1. The normalized spacial score (nSPS) is 15.1. The molecule has 0 aliphatic carbocycles. The number of carbonyl (C=O) groups excluding carboxylic acids is 1. The fraction of sp³-hybridized carbons (Fsp3) is 0.280. The monoisotopic (exact) mass is 510 g/mol. The predicted octanol–water partition coefficient (Wildman–Crippen LogP) is 4.86. The van der Waals surface area contributed by atoms with Crippen molar-refractivity contribution in [2.24, 2.45) is 0 Å². The number of fused-ring (bicyclic) bond motifs is 2. The van der Waals surface area contributed by atoms with E-state index in [0.29, 0.717) is 17.5 Å². The molecule has 37 heavy (non-hydrogen) atoms. The predicted molar refractivity (Wildman–Crippen MR) is 132 cm³/mol. The Kier molecular flexibility index (Phi) is 6.02. The van der Waals surface area contributed by atoms with E-state index < -0.39 is 35.1 Å². The first kappa shape index (κ1) is 24.2. The second-order valence-corrected chi connectivity index (χ2v) is 9.48. The van der Waals surface area contributed by atoms with Crippen molar-refractivity contribution in [3.63, 3.8) is 0 Å². The number of hydrogen-bond acceptors (Lipinski definition) is 7. The molecule has 12 heteroatoms. The standard InChI is InChI=1S/C25H24F2N6O4/c1-25(2,3)37-24(35)31-16-8-7-13(26)11-17(16)29-22-28-12-18-21(32-22)33(23(34)30-18)19-9-10-36-20-14(19)5-4-6-15(20)27/h4-8,11-12,19H,9-10H2,1-3H3,(H,30,34)(H,31,35)(H,28,29,32). The van der Waals surface area contributed by atoms with Gasteiger partial charge in [-0.25, -0.2) is 23.4 Å². The lowest BCUT2D eigenvalue weighted by Crippen LogP contribution is -2.28. The van der Waals surface area contributed by atoms with Crippen molar-refractivity contribution in [1.29, 1.82) is 0 Å². The van der Waals surface area contributed by atoms with E-state index in [1.54, 1.807) is 32.9 Å². The van der Waals surface area contributed by atoms with E-state index in [-0.39, 0.29) is 35.3 Å². The largest absolute Gasteiger partial charge is 0.490 e. The molecule has 1 aliphatic rings. The molecule has 1 atom stereocenters. The average molecular weight is 511 g/mol. The zero-order valence-corrected chi connectivity index (χ0v) is 20.3. The van der Waals surface area contributed by atoms with E-state index in [4.69, 9.17) is 9.47 Å². The summed E-state index contributed by atoms with van der Waals surface area (Å²) in [4.78, 5) is 36.6. The molecule has 4 aromatic rings. The number of anilines is 3.